The van der Waals surface area contributed by atoms with Gasteiger partial charge in [0, 0.05) is 0 Å². The van der Waals surface area contributed by atoms with E-state index in [4.69, 9.17) is 11.2 Å². The topological polar surface area (TPSA) is 0 Å². The Bertz CT molecular complexity index is 454. The molecule has 0 heterocycles. The van der Waals surface area contributed by atoms with E-state index in [0.29, 0.717) is 0 Å². The molecule has 0 aromatic carbocycles. The fourth-order valence-electron chi connectivity index (χ4n) is 0.0990. The molecule has 70 valence electrons. The van der Waals surface area contributed by atoms with Crippen molar-refractivity contribution < 1.29 is 0 Å². The van der Waals surface area contributed by atoms with E-state index in [9.17, 15) is 0 Å². The monoisotopic (exact) mass is 364 g/mol. The van der Waals surface area contributed by atoms with Crippen LogP contribution in [0.2, 0.25) is 0 Å². The van der Waals surface area contributed by atoms with Gasteiger partial charge in [-0.15, -0.1) is 0 Å². The zero-order chi connectivity index (χ0) is 9.07. The second kappa shape index (κ2) is 13.5. The first-order valence-corrected chi connectivity index (χ1v) is 15.9. The molecule has 0 aromatic heterocycles. The second-order valence-corrected chi connectivity index (χ2v) is 17.6. The molecule has 0 fully saturated rings. The summed E-state index contributed by atoms with van der Waals surface area (Å²) in [6.07, 6.45) is 0. The Morgan fingerprint density at radius 3 is 1.50 bits per heavy atom. The zero-order valence-corrected chi connectivity index (χ0v) is 14.2. The summed E-state index contributed by atoms with van der Waals surface area (Å²) in [5.74, 6) is 0. The van der Waals surface area contributed by atoms with E-state index in [-0.39, 0.29) is 0 Å². The number of rotatable bonds is 0. The Kier molecular flexibility index (Phi) is 16.3. The van der Waals surface area contributed by atoms with Crippen molar-refractivity contribution in [2.75, 3.05) is 0 Å². The normalized spacial score (nSPS) is 6.92. The van der Waals surface area contributed by atoms with Crippen molar-refractivity contribution in [2.45, 2.75) is 0 Å². The summed E-state index contributed by atoms with van der Waals surface area (Å²) in [6.45, 7) is 3.65. The van der Waals surface area contributed by atoms with Crippen molar-refractivity contribution in [2.24, 2.45) is 0 Å². The molecule has 0 atom stereocenters. The molecule has 0 aliphatic rings. The van der Waals surface area contributed by atoms with E-state index < -0.39 is 0 Å². The maximum absolute atomic E-state index is 4.69. The van der Waals surface area contributed by atoms with E-state index in [2.05, 4.69) is 6.72 Å². The Morgan fingerprint density at radius 2 is 1.08 bits per heavy atom. The van der Waals surface area contributed by atoms with Crippen molar-refractivity contribution >= 4 is 108 Å². The van der Waals surface area contributed by atoms with Crippen LogP contribution in [-0.2, 0) is 101 Å². The molecule has 0 N–H and O–H groups in total. The second-order valence-electron chi connectivity index (χ2n) is 0.730. The predicted octanol–water partition coefficient (Wildman–Crippen LogP) is -0.675. The summed E-state index contributed by atoms with van der Waals surface area (Å²) in [4.78, 5) is 0. The van der Waals surface area contributed by atoms with Gasteiger partial charge in [0.1, 0.15) is 0 Å². The fourth-order valence-corrected chi connectivity index (χ4v) is 20.9. The number of hydrogen-bond donors (Lipinski definition) is 0. The van der Waals surface area contributed by atoms with Gasteiger partial charge in [0.2, 0.25) is 0 Å². The molecule has 0 aliphatic heterocycles. The van der Waals surface area contributed by atoms with Crippen LogP contribution in [0.5, 0.6) is 0 Å². The molecule has 12 heteroatoms. The van der Waals surface area contributed by atoms with Crippen LogP contribution in [0.25, 0.3) is 0 Å². The Balaban J connectivity index is 5.45. The molecular formula is HBS11. The van der Waals surface area contributed by atoms with Gasteiger partial charge in [-0.3, -0.25) is 0 Å². The minimum absolute atomic E-state index is 1.37. The van der Waals surface area contributed by atoms with Gasteiger partial charge in [0.05, 0.1) is 0 Å². The minimum atomic E-state index is 1.37. The molecule has 0 amide bonds. The summed E-state index contributed by atoms with van der Waals surface area (Å²) in [5, 5.41) is 0. The van der Waals surface area contributed by atoms with Crippen molar-refractivity contribution in [1.82, 2.24) is 0 Å². The van der Waals surface area contributed by atoms with E-state index >= 15 is 0 Å². The Morgan fingerprint density at radius 1 is 0.667 bits per heavy atom. The molecule has 0 bridgehead atoms. The third-order valence-electron chi connectivity index (χ3n) is 0.270. The molecule has 0 aliphatic carbocycles. The van der Waals surface area contributed by atoms with Gasteiger partial charge in [0.25, 0.3) is 0 Å². The molecule has 12 heavy (non-hydrogen) atoms. The average Bonchev–Trinajstić information content (AvgIpc) is 2.10. The molecule has 0 rings (SSSR count). The Hall–Kier alpha value is 2.48. The molecular weight excluding hydrogens is 364 g/mol. The fraction of sp³-hybridized carbons (Fsp3) is 0. The van der Waals surface area contributed by atoms with E-state index in [0.717, 1.165) is 0 Å². The zero-order valence-electron chi connectivity index (χ0n) is 5.20. The molecule has 0 nitrogen and oxygen atoms in total. The van der Waals surface area contributed by atoms with Gasteiger partial charge in [-0.1, -0.05) is 0 Å². The molecule has 0 radical (unpaired) electrons. The molecule has 0 saturated carbocycles. The molecule has 0 unspecified atom stereocenters. The van der Waals surface area contributed by atoms with Crippen LogP contribution >= 0.6 is 0 Å². The summed E-state index contributed by atoms with van der Waals surface area (Å²) >= 11 is 4.69. The van der Waals surface area contributed by atoms with Gasteiger partial charge in [0.15, 0.2) is 0 Å². The van der Waals surface area contributed by atoms with E-state index in [1.807, 2.05) is 0 Å². The van der Waals surface area contributed by atoms with E-state index in [1.165, 1.54) is 18.6 Å². The number of hydrogen-bond acceptors (Lipinski definition) is 1. The Labute approximate surface area is 106 Å². The van der Waals surface area contributed by atoms with Crippen LogP contribution in [0.4, 0.5) is 0 Å². The van der Waals surface area contributed by atoms with Gasteiger partial charge >= 0.3 is 108 Å². The molecule has 0 saturated heterocycles. The third-order valence-corrected chi connectivity index (χ3v) is 19.3. The van der Waals surface area contributed by atoms with Gasteiger partial charge in [-0.05, 0) is 0 Å². The van der Waals surface area contributed by atoms with E-state index in [1.54, 1.807) is 71.0 Å². The standard InChI is InChI=1S/BHS11/c1-3-5-7-9-11-12-10-8-6-4-2/h1H. The van der Waals surface area contributed by atoms with Gasteiger partial charge in [-0.2, -0.15) is 0 Å². The first-order chi connectivity index (χ1) is 5.91. The van der Waals surface area contributed by atoms with Crippen LogP contribution in [-0.4, -0.2) is 6.72 Å². The van der Waals surface area contributed by atoms with Crippen molar-refractivity contribution in [1.29, 1.82) is 0 Å². The quantitative estimate of drug-likeness (QED) is 0.514. The first kappa shape index (κ1) is 14.5. The van der Waals surface area contributed by atoms with Crippen LogP contribution < -0.4 is 0 Å². The van der Waals surface area contributed by atoms with Gasteiger partial charge in [-0.25, -0.2) is 0 Å². The molecule has 0 aromatic rings. The van der Waals surface area contributed by atoms with Crippen molar-refractivity contribution in [3.8, 4) is 0 Å². The van der Waals surface area contributed by atoms with Crippen LogP contribution in [0.3, 0.4) is 0 Å². The average molecular weight is 365 g/mol. The summed E-state index contributed by atoms with van der Waals surface area (Å²) in [5.41, 5.74) is 0. The third kappa shape index (κ3) is 12.5. The van der Waals surface area contributed by atoms with Crippen molar-refractivity contribution in [3.05, 3.63) is 0 Å². The maximum atomic E-state index is 4.69. The molecule has 0 spiro atoms. The summed E-state index contributed by atoms with van der Waals surface area (Å²) in [6, 6.07) is 0. The summed E-state index contributed by atoms with van der Waals surface area (Å²) < 4.78 is 0. The van der Waals surface area contributed by atoms with Crippen LogP contribution in [0, 0.1) is 0 Å². The SMILES string of the molecule is B=S=S=S=S=S=S=S=S=S=S=S. The van der Waals surface area contributed by atoms with Crippen molar-refractivity contribution in [3.63, 3.8) is 0 Å². The first-order valence-electron chi connectivity index (χ1n) is 1.96. The van der Waals surface area contributed by atoms with Gasteiger partial charge < -0.3 is 0 Å². The summed E-state index contributed by atoms with van der Waals surface area (Å²) in [7, 11) is 16.7. The van der Waals surface area contributed by atoms with Crippen LogP contribution in [0.15, 0.2) is 0 Å². The predicted molar refractivity (Wildman–Crippen MR) is 88.2 cm³/mol. The van der Waals surface area contributed by atoms with Crippen LogP contribution in [0.1, 0.15) is 0 Å².